The van der Waals surface area contributed by atoms with E-state index < -0.39 is 0 Å². The van der Waals surface area contributed by atoms with Gasteiger partial charge in [0.15, 0.2) is 17.0 Å². The minimum atomic E-state index is 0.654. The van der Waals surface area contributed by atoms with Crippen molar-refractivity contribution >= 4 is 22.9 Å². The molecule has 7 heteroatoms. The molecule has 0 radical (unpaired) electrons. The second-order valence-electron chi connectivity index (χ2n) is 6.23. The number of fused-ring (bicyclic) bond motifs is 1. The number of nitrogens with one attached hydrogen (secondary N) is 2. The number of hydrazine groups is 1. The summed E-state index contributed by atoms with van der Waals surface area (Å²) in [4.78, 5) is 14.0. The molecule has 1 aliphatic heterocycles. The topological polar surface area (TPSA) is 70.9 Å². The fourth-order valence-corrected chi connectivity index (χ4v) is 2.87. The molecule has 0 atom stereocenters. The lowest BCUT2D eigenvalue weighted by atomic mass is 10.2. The molecule has 1 fully saturated rings. The second-order valence-corrected chi connectivity index (χ2v) is 6.23. The summed E-state index contributed by atoms with van der Waals surface area (Å²) >= 11 is 0. The second kappa shape index (κ2) is 7.12. The Morgan fingerprint density at radius 3 is 2.61 bits per heavy atom. The minimum absolute atomic E-state index is 0.654. The zero-order chi connectivity index (χ0) is 16.2. The molecule has 7 nitrogen and oxygen atoms in total. The Morgan fingerprint density at radius 2 is 1.87 bits per heavy atom. The van der Waals surface area contributed by atoms with E-state index in [2.05, 4.69) is 37.6 Å². The first-order valence-corrected chi connectivity index (χ1v) is 8.65. The van der Waals surface area contributed by atoms with Crippen molar-refractivity contribution in [2.45, 2.75) is 46.0 Å². The molecule has 3 heterocycles. The van der Waals surface area contributed by atoms with Crippen LogP contribution in [0.15, 0.2) is 0 Å². The van der Waals surface area contributed by atoms with Gasteiger partial charge in [-0.1, -0.05) is 19.8 Å². The Balaban J connectivity index is 1.89. The van der Waals surface area contributed by atoms with E-state index in [0.29, 0.717) is 5.95 Å². The summed E-state index contributed by atoms with van der Waals surface area (Å²) in [6.07, 6.45) is 6.03. The van der Waals surface area contributed by atoms with Gasteiger partial charge in [0.2, 0.25) is 5.95 Å². The Labute approximate surface area is 137 Å². The van der Waals surface area contributed by atoms with Crippen LogP contribution in [0, 0.1) is 6.92 Å². The number of aryl methyl sites for hydroxylation is 2. The number of nitrogens with zero attached hydrogens (tertiary/aromatic N) is 5. The van der Waals surface area contributed by atoms with Crippen molar-refractivity contribution in [3.05, 3.63) is 5.82 Å². The van der Waals surface area contributed by atoms with Gasteiger partial charge in [-0.05, 0) is 26.2 Å². The number of hydrogen-bond acceptors (Lipinski definition) is 6. The average Bonchev–Trinajstić information content (AvgIpc) is 2.84. The van der Waals surface area contributed by atoms with E-state index in [4.69, 9.17) is 0 Å². The highest BCUT2D eigenvalue weighted by Gasteiger charge is 2.16. The molecule has 2 N–H and O–H groups in total. The van der Waals surface area contributed by atoms with Crippen molar-refractivity contribution in [3.63, 3.8) is 0 Å². The third-order valence-corrected chi connectivity index (χ3v) is 4.38. The number of unbranched alkanes of at least 4 members (excludes halogenated alkanes) is 1. The molecule has 0 bridgehead atoms. The van der Waals surface area contributed by atoms with Gasteiger partial charge < -0.3 is 9.88 Å². The normalized spacial score (nSPS) is 16.0. The summed E-state index contributed by atoms with van der Waals surface area (Å²) in [5, 5.41) is 5.63. The van der Waals surface area contributed by atoms with E-state index in [9.17, 15) is 0 Å². The fourth-order valence-electron chi connectivity index (χ4n) is 2.87. The molecule has 2 aromatic heterocycles. The number of aromatic nitrogens is 4. The fraction of sp³-hybridized carbons (Fsp3) is 0.688. The van der Waals surface area contributed by atoms with Crippen LogP contribution < -0.4 is 10.7 Å². The first-order chi connectivity index (χ1) is 11.2. The van der Waals surface area contributed by atoms with E-state index in [-0.39, 0.29) is 0 Å². The lowest BCUT2D eigenvalue weighted by Gasteiger charge is -2.26. The molecule has 1 saturated heterocycles. The molecule has 1 aliphatic rings. The van der Waals surface area contributed by atoms with E-state index >= 15 is 0 Å². The molecule has 126 valence electrons. The maximum absolute atomic E-state index is 4.68. The molecule has 0 spiro atoms. The summed E-state index contributed by atoms with van der Waals surface area (Å²) in [6, 6.07) is 0. The minimum Gasteiger partial charge on any atom is -0.368 e. The van der Waals surface area contributed by atoms with Gasteiger partial charge in [0, 0.05) is 26.7 Å². The van der Waals surface area contributed by atoms with Crippen LogP contribution in [0.25, 0.3) is 11.2 Å². The van der Waals surface area contributed by atoms with Gasteiger partial charge in [-0.15, -0.1) is 0 Å². The van der Waals surface area contributed by atoms with Crippen LogP contribution >= 0.6 is 0 Å². The molecule has 0 aromatic carbocycles. The smallest absolute Gasteiger partial charge is 0.241 e. The van der Waals surface area contributed by atoms with E-state index in [1.165, 1.54) is 19.3 Å². The molecule has 0 amide bonds. The third-order valence-electron chi connectivity index (χ3n) is 4.38. The predicted octanol–water partition coefficient (Wildman–Crippen LogP) is 2.70. The van der Waals surface area contributed by atoms with Crippen molar-refractivity contribution in [1.29, 1.82) is 0 Å². The summed E-state index contributed by atoms with van der Waals surface area (Å²) in [5.74, 6) is 2.43. The molecular weight excluding hydrogens is 290 g/mol. The summed E-state index contributed by atoms with van der Waals surface area (Å²) in [6.45, 7) is 7.18. The number of rotatable bonds is 6. The maximum atomic E-state index is 4.68. The van der Waals surface area contributed by atoms with Crippen molar-refractivity contribution in [3.8, 4) is 0 Å². The lowest BCUT2D eigenvalue weighted by molar-refractivity contribution is 0.271. The van der Waals surface area contributed by atoms with Crippen molar-refractivity contribution in [2.75, 3.05) is 30.4 Å². The number of hydrogen-bond donors (Lipinski definition) is 2. The lowest BCUT2D eigenvalue weighted by Crippen LogP contribution is -2.35. The average molecular weight is 317 g/mol. The molecular formula is C16H27N7. The zero-order valence-corrected chi connectivity index (χ0v) is 14.4. The van der Waals surface area contributed by atoms with Gasteiger partial charge in [-0.3, -0.25) is 5.43 Å². The molecule has 0 unspecified atom stereocenters. The van der Waals surface area contributed by atoms with Gasteiger partial charge >= 0.3 is 0 Å². The third kappa shape index (κ3) is 3.55. The Morgan fingerprint density at radius 1 is 1.09 bits per heavy atom. The molecule has 23 heavy (non-hydrogen) atoms. The van der Waals surface area contributed by atoms with Gasteiger partial charge in [0.1, 0.15) is 5.82 Å². The molecule has 0 aliphatic carbocycles. The van der Waals surface area contributed by atoms with Crippen LogP contribution in [-0.2, 0) is 7.05 Å². The summed E-state index contributed by atoms with van der Waals surface area (Å²) in [5.41, 5.74) is 5.09. The highest BCUT2D eigenvalue weighted by atomic mass is 15.5. The number of piperidine rings is 1. The van der Waals surface area contributed by atoms with E-state index in [1.54, 1.807) is 0 Å². The van der Waals surface area contributed by atoms with Crippen LogP contribution in [0.5, 0.6) is 0 Å². The van der Waals surface area contributed by atoms with Crippen molar-refractivity contribution < 1.29 is 0 Å². The highest BCUT2D eigenvalue weighted by molar-refractivity contribution is 5.84. The SMILES string of the molecule is CCCCNc1nc(NN2CCCCC2)nc2c1nc(C)n2C. The standard InChI is InChI=1S/C16H27N7/c1-4-5-9-17-14-13-15(22(3)12(2)18-13)20-16(19-14)21-23-10-7-6-8-11-23/h4-11H2,1-3H3,(H2,17,19,20,21). The largest absolute Gasteiger partial charge is 0.368 e. The summed E-state index contributed by atoms with van der Waals surface area (Å²) < 4.78 is 2.02. The van der Waals surface area contributed by atoms with Gasteiger partial charge in [0.25, 0.3) is 0 Å². The van der Waals surface area contributed by atoms with E-state index in [0.717, 1.165) is 55.3 Å². The van der Waals surface area contributed by atoms with Crippen LogP contribution in [0.2, 0.25) is 0 Å². The number of imidazole rings is 1. The zero-order valence-electron chi connectivity index (χ0n) is 14.4. The van der Waals surface area contributed by atoms with Crippen molar-refractivity contribution in [1.82, 2.24) is 24.5 Å². The quantitative estimate of drug-likeness (QED) is 0.798. The Kier molecular flexibility index (Phi) is 4.95. The molecule has 3 rings (SSSR count). The van der Waals surface area contributed by atoms with Gasteiger partial charge in [-0.2, -0.15) is 9.97 Å². The predicted molar refractivity (Wildman–Crippen MR) is 93.5 cm³/mol. The number of anilines is 2. The first kappa shape index (κ1) is 16.0. The monoisotopic (exact) mass is 317 g/mol. The Hall–Kier alpha value is -1.89. The van der Waals surface area contributed by atoms with Crippen LogP contribution in [0.4, 0.5) is 11.8 Å². The Bertz CT molecular complexity index is 658. The van der Waals surface area contributed by atoms with Crippen LogP contribution in [-0.4, -0.2) is 44.2 Å². The first-order valence-electron chi connectivity index (χ1n) is 8.65. The van der Waals surface area contributed by atoms with E-state index in [1.807, 2.05) is 18.5 Å². The highest BCUT2D eigenvalue weighted by Crippen LogP contribution is 2.22. The van der Waals surface area contributed by atoms with Crippen LogP contribution in [0.1, 0.15) is 44.9 Å². The van der Waals surface area contributed by atoms with Gasteiger partial charge in [0.05, 0.1) is 0 Å². The van der Waals surface area contributed by atoms with Crippen LogP contribution in [0.3, 0.4) is 0 Å². The molecule has 2 aromatic rings. The summed E-state index contributed by atoms with van der Waals surface area (Å²) in [7, 11) is 2.00. The van der Waals surface area contributed by atoms with Gasteiger partial charge in [-0.25, -0.2) is 9.99 Å². The molecule has 0 saturated carbocycles. The maximum Gasteiger partial charge on any atom is 0.241 e. The van der Waals surface area contributed by atoms with Crippen molar-refractivity contribution in [2.24, 2.45) is 7.05 Å².